The Morgan fingerprint density at radius 2 is 2.38 bits per heavy atom. The van der Waals surface area contributed by atoms with E-state index in [1.165, 1.54) is 0 Å². The Balaban J connectivity index is 1.61. The molecule has 0 saturated carbocycles. The zero-order valence-electron chi connectivity index (χ0n) is 14.5. The fourth-order valence-electron chi connectivity index (χ4n) is 3.15. The molecule has 0 bridgehead atoms. The van der Waals surface area contributed by atoms with Gasteiger partial charge in [0.2, 0.25) is 11.8 Å². The van der Waals surface area contributed by atoms with Crippen LogP contribution in [0.25, 0.3) is 0 Å². The summed E-state index contributed by atoms with van der Waals surface area (Å²) in [4.78, 5) is 25.2. The van der Waals surface area contributed by atoms with Crippen LogP contribution in [0.2, 0.25) is 0 Å². The molecule has 6 nitrogen and oxygen atoms in total. The number of aromatic nitrogens is 2. The van der Waals surface area contributed by atoms with Gasteiger partial charge in [0.15, 0.2) is 0 Å². The normalized spacial score (nSPS) is 18.2. The number of thiazole rings is 1. The first-order valence-electron chi connectivity index (χ1n) is 8.39. The third-order valence-electron chi connectivity index (χ3n) is 4.40. The molecule has 24 heavy (non-hydrogen) atoms. The molecule has 1 saturated heterocycles. The molecule has 1 atom stereocenters. The molecule has 1 aliphatic rings. The molecule has 0 unspecified atom stereocenters. The van der Waals surface area contributed by atoms with Gasteiger partial charge in [-0.15, -0.1) is 11.3 Å². The number of rotatable bonds is 6. The fraction of sp³-hybridized carbons (Fsp3) is 0.588. The number of likely N-dealkylation sites (tertiary alicyclic amines) is 1. The maximum Gasteiger partial charge on any atom is 0.220 e. The van der Waals surface area contributed by atoms with Crippen molar-refractivity contribution in [2.45, 2.75) is 52.7 Å². The van der Waals surface area contributed by atoms with Crippen LogP contribution < -0.4 is 0 Å². The minimum Gasteiger partial charge on any atom is -0.444 e. The monoisotopic (exact) mass is 348 g/mol. The molecule has 7 heteroatoms. The highest BCUT2D eigenvalue weighted by Crippen LogP contribution is 2.21. The van der Waals surface area contributed by atoms with Crippen molar-refractivity contribution < 1.29 is 9.21 Å². The quantitative estimate of drug-likeness (QED) is 0.803. The zero-order chi connectivity index (χ0) is 17.1. The third-order valence-corrected chi connectivity index (χ3v) is 5.22. The van der Waals surface area contributed by atoms with Crippen LogP contribution in [0.15, 0.2) is 16.0 Å². The van der Waals surface area contributed by atoms with E-state index in [-0.39, 0.29) is 11.9 Å². The van der Waals surface area contributed by atoms with Crippen molar-refractivity contribution in [2.75, 3.05) is 13.1 Å². The summed E-state index contributed by atoms with van der Waals surface area (Å²) >= 11 is 1.68. The highest BCUT2D eigenvalue weighted by Gasteiger charge is 2.30. The van der Waals surface area contributed by atoms with Crippen LogP contribution in [0.1, 0.15) is 42.6 Å². The van der Waals surface area contributed by atoms with Crippen LogP contribution in [0.5, 0.6) is 0 Å². The van der Waals surface area contributed by atoms with Gasteiger partial charge in [-0.3, -0.25) is 9.69 Å². The number of carbonyl (C=O) groups excluding carboxylic acids is 1. The number of carbonyl (C=O) groups is 1. The van der Waals surface area contributed by atoms with Gasteiger partial charge in [0.25, 0.3) is 0 Å². The lowest BCUT2D eigenvalue weighted by molar-refractivity contribution is -0.132. The molecule has 0 aliphatic carbocycles. The molecule has 1 fully saturated rings. The van der Waals surface area contributed by atoms with Crippen molar-refractivity contribution in [3.63, 3.8) is 0 Å². The number of aryl methyl sites for hydroxylation is 2. The van der Waals surface area contributed by atoms with Crippen LogP contribution in [0, 0.1) is 6.92 Å². The van der Waals surface area contributed by atoms with E-state index in [0.717, 1.165) is 48.9 Å². The van der Waals surface area contributed by atoms with E-state index < -0.39 is 0 Å². The van der Waals surface area contributed by atoms with Crippen molar-refractivity contribution in [2.24, 2.45) is 0 Å². The minimum atomic E-state index is 0.0719. The predicted octanol–water partition coefficient (Wildman–Crippen LogP) is 2.62. The number of nitrogens with zero attached hydrogens (tertiary/aromatic N) is 4. The molecule has 3 heterocycles. The summed E-state index contributed by atoms with van der Waals surface area (Å²) in [5.41, 5.74) is 1.12. The second kappa shape index (κ2) is 7.44. The van der Waals surface area contributed by atoms with Gasteiger partial charge in [0, 0.05) is 44.4 Å². The first-order valence-corrected chi connectivity index (χ1v) is 9.27. The summed E-state index contributed by atoms with van der Waals surface area (Å²) in [5.74, 6) is 1.55. The first kappa shape index (κ1) is 17.1. The van der Waals surface area contributed by atoms with E-state index in [0.29, 0.717) is 12.4 Å². The van der Waals surface area contributed by atoms with Gasteiger partial charge in [0.05, 0.1) is 23.4 Å². The van der Waals surface area contributed by atoms with Gasteiger partial charge in [-0.2, -0.15) is 0 Å². The van der Waals surface area contributed by atoms with Crippen LogP contribution in [-0.4, -0.2) is 44.8 Å². The number of oxazole rings is 1. The lowest BCUT2D eigenvalue weighted by atomic mass is 10.2. The SMILES string of the molecule is CCc1cnc(CN(C(C)=O)[C@@H]2CCN(Cc3csc(C)n3)C2)o1. The lowest BCUT2D eigenvalue weighted by Crippen LogP contribution is -2.40. The molecule has 0 N–H and O–H groups in total. The Morgan fingerprint density at radius 1 is 1.54 bits per heavy atom. The molecule has 0 radical (unpaired) electrons. The van der Waals surface area contributed by atoms with E-state index in [1.54, 1.807) is 24.5 Å². The number of hydrogen-bond acceptors (Lipinski definition) is 6. The Morgan fingerprint density at radius 3 is 3.00 bits per heavy atom. The van der Waals surface area contributed by atoms with Crippen LogP contribution in [0.3, 0.4) is 0 Å². The molecule has 0 spiro atoms. The molecule has 0 aromatic carbocycles. The van der Waals surface area contributed by atoms with Crippen LogP contribution >= 0.6 is 11.3 Å². The predicted molar refractivity (Wildman–Crippen MR) is 92.6 cm³/mol. The second-order valence-electron chi connectivity index (χ2n) is 6.26. The molecule has 130 valence electrons. The molecular formula is C17H24N4O2S. The Bertz CT molecular complexity index is 696. The number of amides is 1. The Kier molecular flexibility index (Phi) is 5.30. The molecular weight excluding hydrogens is 324 g/mol. The van der Waals surface area contributed by atoms with E-state index in [4.69, 9.17) is 4.42 Å². The lowest BCUT2D eigenvalue weighted by Gasteiger charge is -2.26. The fourth-order valence-corrected chi connectivity index (χ4v) is 3.75. The summed E-state index contributed by atoms with van der Waals surface area (Å²) in [7, 11) is 0. The summed E-state index contributed by atoms with van der Waals surface area (Å²) < 4.78 is 5.67. The van der Waals surface area contributed by atoms with E-state index in [9.17, 15) is 4.79 Å². The highest BCUT2D eigenvalue weighted by atomic mass is 32.1. The standard InChI is InChI=1S/C17H24N4O2S/c1-4-16-7-18-17(23-16)10-21(13(3)22)15-5-6-20(9-15)8-14-11-24-12(2)19-14/h7,11,15H,4-6,8-10H2,1-3H3/t15-/m1/s1. The van der Waals surface area contributed by atoms with Crippen molar-refractivity contribution in [3.05, 3.63) is 33.9 Å². The van der Waals surface area contributed by atoms with Crippen molar-refractivity contribution in [1.29, 1.82) is 0 Å². The van der Waals surface area contributed by atoms with Crippen molar-refractivity contribution >= 4 is 17.2 Å². The van der Waals surface area contributed by atoms with Gasteiger partial charge in [-0.25, -0.2) is 9.97 Å². The van der Waals surface area contributed by atoms with E-state index in [2.05, 4.69) is 20.2 Å². The molecule has 2 aromatic rings. The summed E-state index contributed by atoms with van der Waals surface area (Å²) in [6.45, 7) is 8.83. The summed E-state index contributed by atoms with van der Waals surface area (Å²) in [6, 6.07) is 0.208. The molecule has 1 amide bonds. The molecule has 3 rings (SSSR count). The maximum absolute atomic E-state index is 12.1. The average Bonchev–Trinajstić information content (AvgIpc) is 3.26. The number of hydrogen-bond donors (Lipinski definition) is 0. The maximum atomic E-state index is 12.1. The van der Waals surface area contributed by atoms with E-state index >= 15 is 0 Å². The van der Waals surface area contributed by atoms with Gasteiger partial charge in [-0.05, 0) is 13.3 Å². The largest absolute Gasteiger partial charge is 0.444 e. The topological polar surface area (TPSA) is 62.5 Å². The average molecular weight is 348 g/mol. The Labute approximate surface area is 146 Å². The van der Waals surface area contributed by atoms with Crippen molar-refractivity contribution in [1.82, 2.24) is 19.8 Å². The van der Waals surface area contributed by atoms with Crippen LogP contribution in [-0.2, 0) is 24.3 Å². The second-order valence-corrected chi connectivity index (χ2v) is 7.32. The minimum absolute atomic E-state index is 0.0719. The zero-order valence-corrected chi connectivity index (χ0v) is 15.3. The van der Waals surface area contributed by atoms with Gasteiger partial charge >= 0.3 is 0 Å². The Hall–Kier alpha value is -1.73. The summed E-state index contributed by atoms with van der Waals surface area (Å²) in [5, 5.41) is 3.21. The smallest absolute Gasteiger partial charge is 0.220 e. The van der Waals surface area contributed by atoms with Crippen molar-refractivity contribution in [3.8, 4) is 0 Å². The summed E-state index contributed by atoms with van der Waals surface area (Å²) in [6.07, 6.45) is 3.54. The third kappa shape index (κ3) is 4.02. The molecule has 1 aliphatic heterocycles. The van der Waals surface area contributed by atoms with Gasteiger partial charge in [0.1, 0.15) is 5.76 Å². The van der Waals surface area contributed by atoms with Gasteiger partial charge in [-0.1, -0.05) is 6.92 Å². The van der Waals surface area contributed by atoms with Crippen LogP contribution in [0.4, 0.5) is 0 Å². The van der Waals surface area contributed by atoms with E-state index in [1.807, 2.05) is 18.7 Å². The first-order chi connectivity index (χ1) is 11.5. The van der Waals surface area contributed by atoms with Gasteiger partial charge < -0.3 is 9.32 Å². The molecule has 2 aromatic heterocycles. The highest BCUT2D eigenvalue weighted by molar-refractivity contribution is 7.09.